The number of fused-ring (bicyclic) bond motifs is 1. The lowest BCUT2D eigenvalue weighted by atomic mass is 10.1. The third kappa shape index (κ3) is 5.04. The Balaban J connectivity index is 0.000000244. The van der Waals surface area contributed by atoms with Gasteiger partial charge in [0.05, 0.1) is 5.69 Å². The van der Waals surface area contributed by atoms with Crippen molar-refractivity contribution in [3.8, 4) is 0 Å². The first-order valence-electron chi connectivity index (χ1n) is 7.82. The predicted molar refractivity (Wildman–Crippen MR) is 93.0 cm³/mol. The third-order valence-corrected chi connectivity index (χ3v) is 4.51. The van der Waals surface area contributed by atoms with Gasteiger partial charge in [0.15, 0.2) is 5.03 Å². The highest BCUT2D eigenvalue weighted by Crippen LogP contribution is 2.38. The summed E-state index contributed by atoms with van der Waals surface area (Å²) >= 11 is 0. The van der Waals surface area contributed by atoms with Crippen molar-refractivity contribution < 1.29 is 22.2 Å². The first-order valence-corrected chi connectivity index (χ1v) is 9.03. The SMILES string of the molecule is Cc1c(C(F)(F)F)nc2c(c1NC(N)=O)CCC2.Cn1ccc(S(N)=O)n1. The van der Waals surface area contributed by atoms with E-state index in [0.29, 0.717) is 29.1 Å². The Morgan fingerprint density at radius 3 is 2.48 bits per heavy atom. The number of nitrogens with zero attached hydrogens (tertiary/aromatic N) is 3. The van der Waals surface area contributed by atoms with Gasteiger partial charge in [0.2, 0.25) is 0 Å². The maximum absolute atomic E-state index is 12.8. The minimum absolute atomic E-state index is 0.0815. The van der Waals surface area contributed by atoms with Crippen LogP contribution >= 0.6 is 0 Å². The van der Waals surface area contributed by atoms with Crippen LogP contribution < -0.4 is 16.2 Å². The van der Waals surface area contributed by atoms with Gasteiger partial charge in [0.25, 0.3) is 0 Å². The number of anilines is 1. The quantitative estimate of drug-likeness (QED) is 0.705. The second-order valence-corrected chi connectivity index (χ2v) is 6.86. The summed E-state index contributed by atoms with van der Waals surface area (Å²) in [6, 6.07) is 0.752. The number of alkyl halides is 3. The molecule has 12 heteroatoms. The van der Waals surface area contributed by atoms with E-state index in [2.05, 4.69) is 15.4 Å². The van der Waals surface area contributed by atoms with E-state index < -0.39 is 28.9 Å². The lowest BCUT2D eigenvalue weighted by Crippen LogP contribution is -2.23. The van der Waals surface area contributed by atoms with Crippen molar-refractivity contribution >= 4 is 22.7 Å². The van der Waals surface area contributed by atoms with Gasteiger partial charge in [-0.25, -0.2) is 19.1 Å². The van der Waals surface area contributed by atoms with Gasteiger partial charge >= 0.3 is 12.2 Å². The van der Waals surface area contributed by atoms with Gasteiger partial charge in [-0.05, 0) is 37.8 Å². The second-order valence-electron chi connectivity index (χ2n) is 5.85. The molecule has 0 saturated heterocycles. The van der Waals surface area contributed by atoms with Gasteiger partial charge in [0, 0.05) is 24.5 Å². The molecule has 148 valence electrons. The molecule has 0 spiro atoms. The monoisotopic (exact) mass is 404 g/mol. The molecule has 0 fully saturated rings. The van der Waals surface area contributed by atoms with Crippen LogP contribution in [0.3, 0.4) is 0 Å². The average Bonchev–Trinajstić information content (AvgIpc) is 3.17. The summed E-state index contributed by atoms with van der Waals surface area (Å²) in [5, 5.41) is 11.5. The van der Waals surface area contributed by atoms with Crippen molar-refractivity contribution in [1.82, 2.24) is 14.8 Å². The number of nitrogens with two attached hydrogens (primary N) is 2. The standard InChI is InChI=1S/C11H12F3N3O.C4H7N3OS/c1-5-8(17-10(15)18)6-3-2-4-7(6)16-9(5)11(12,13)14;1-7-3-2-4(6-7)9(5)8/h2-4H2,1H3,(H3,15,16,17,18);2-3H,5H2,1H3. The Hall–Kier alpha value is -2.47. The fraction of sp³-hybridized carbons (Fsp3) is 0.400. The van der Waals surface area contributed by atoms with Crippen LogP contribution in [-0.4, -0.2) is 25.0 Å². The number of urea groups is 1. The van der Waals surface area contributed by atoms with Crippen molar-refractivity contribution in [1.29, 1.82) is 0 Å². The fourth-order valence-corrected chi connectivity index (χ4v) is 3.16. The molecule has 0 aromatic carbocycles. The summed E-state index contributed by atoms with van der Waals surface area (Å²) in [5.74, 6) is 0. The van der Waals surface area contributed by atoms with E-state index >= 15 is 0 Å². The summed E-state index contributed by atoms with van der Waals surface area (Å²) in [5.41, 5.74) is 5.19. The summed E-state index contributed by atoms with van der Waals surface area (Å²) in [6.07, 6.45) is -1.00. The van der Waals surface area contributed by atoms with E-state index in [9.17, 15) is 22.2 Å². The normalized spacial score (nSPS) is 14.1. The van der Waals surface area contributed by atoms with Gasteiger partial charge in [0.1, 0.15) is 16.7 Å². The molecule has 1 unspecified atom stereocenters. The molecule has 1 atom stereocenters. The van der Waals surface area contributed by atoms with Crippen LogP contribution in [0.5, 0.6) is 0 Å². The maximum Gasteiger partial charge on any atom is 0.433 e. The predicted octanol–water partition coefficient (Wildman–Crippen LogP) is 1.79. The zero-order valence-corrected chi connectivity index (χ0v) is 15.4. The van der Waals surface area contributed by atoms with Gasteiger partial charge in [-0.15, -0.1) is 0 Å². The number of hydrogen-bond acceptors (Lipinski definition) is 4. The molecule has 0 bridgehead atoms. The zero-order chi connectivity index (χ0) is 20.4. The smallest absolute Gasteiger partial charge is 0.351 e. The van der Waals surface area contributed by atoms with E-state index in [1.807, 2.05) is 0 Å². The molecule has 0 saturated carbocycles. The number of nitrogens with one attached hydrogen (secondary N) is 1. The summed E-state index contributed by atoms with van der Waals surface area (Å²) in [6.45, 7) is 1.29. The zero-order valence-electron chi connectivity index (χ0n) is 14.6. The molecule has 3 rings (SSSR count). The second kappa shape index (κ2) is 8.05. The molecular weight excluding hydrogens is 385 g/mol. The van der Waals surface area contributed by atoms with Crippen molar-refractivity contribution in [2.45, 2.75) is 37.4 Å². The molecular formula is C15H19F3N6O2S. The third-order valence-electron chi connectivity index (χ3n) is 3.88. The number of rotatable bonds is 2. The van der Waals surface area contributed by atoms with E-state index in [4.69, 9.17) is 10.9 Å². The minimum atomic E-state index is -4.53. The molecule has 0 aliphatic heterocycles. The maximum atomic E-state index is 12.8. The van der Waals surface area contributed by atoms with Crippen LogP contribution in [0.25, 0.3) is 0 Å². The molecule has 1 aliphatic rings. The molecule has 0 radical (unpaired) electrons. The molecule has 27 heavy (non-hydrogen) atoms. The molecule has 5 N–H and O–H groups in total. The van der Waals surface area contributed by atoms with Crippen LogP contribution in [0.1, 0.15) is 28.9 Å². The van der Waals surface area contributed by atoms with E-state index in [0.717, 1.165) is 6.42 Å². The Kier molecular flexibility index (Phi) is 6.21. The number of aromatic nitrogens is 3. The van der Waals surface area contributed by atoms with Crippen molar-refractivity contribution in [3.05, 3.63) is 34.8 Å². The van der Waals surface area contributed by atoms with Gasteiger partial charge < -0.3 is 11.1 Å². The van der Waals surface area contributed by atoms with Gasteiger partial charge in [-0.1, -0.05) is 0 Å². The van der Waals surface area contributed by atoms with E-state index in [-0.39, 0.29) is 11.3 Å². The molecule has 2 amide bonds. The Labute approximate surface area is 155 Å². The van der Waals surface area contributed by atoms with Crippen molar-refractivity contribution in [2.24, 2.45) is 17.9 Å². The summed E-state index contributed by atoms with van der Waals surface area (Å²) in [7, 11) is 0.306. The number of halogens is 3. The first kappa shape index (κ1) is 20.8. The van der Waals surface area contributed by atoms with Crippen LogP contribution in [-0.2, 0) is 37.1 Å². The van der Waals surface area contributed by atoms with Crippen LogP contribution in [0, 0.1) is 6.92 Å². The number of aryl methyl sites for hydroxylation is 2. The van der Waals surface area contributed by atoms with E-state index in [1.54, 1.807) is 24.0 Å². The lowest BCUT2D eigenvalue weighted by molar-refractivity contribution is -0.141. The van der Waals surface area contributed by atoms with Crippen molar-refractivity contribution in [2.75, 3.05) is 5.32 Å². The Morgan fingerprint density at radius 2 is 2.04 bits per heavy atom. The number of carbonyl (C=O) groups is 1. The largest absolute Gasteiger partial charge is 0.433 e. The van der Waals surface area contributed by atoms with Gasteiger partial charge in [-0.3, -0.25) is 4.68 Å². The molecule has 8 nitrogen and oxygen atoms in total. The molecule has 2 aromatic heterocycles. The Morgan fingerprint density at radius 1 is 1.37 bits per heavy atom. The Bertz CT molecular complexity index is 881. The van der Waals surface area contributed by atoms with Crippen LogP contribution in [0.15, 0.2) is 17.3 Å². The molecule has 2 heterocycles. The summed E-state index contributed by atoms with van der Waals surface area (Å²) in [4.78, 5) is 14.6. The van der Waals surface area contributed by atoms with Crippen LogP contribution in [0.4, 0.5) is 23.7 Å². The number of hydrogen-bond donors (Lipinski definition) is 3. The average molecular weight is 404 g/mol. The number of amides is 2. The van der Waals surface area contributed by atoms with E-state index in [1.165, 1.54) is 6.92 Å². The highest BCUT2D eigenvalue weighted by Gasteiger charge is 2.37. The molecule has 1 aliphatic carbocycles. The minimum Gasteiger partial charge on any atom is -0.351 e. The topological polar surface area (TPSA) is 129 Å². The first-order chi connectivity index (χ1) is 12.5. The van der Waals surface area contributed by atoms with Crippen LogP contribution in [0.2, 0.25) is 0 Å². The number of carbonyl (C=O) groups excluding carboxylic acids is 1. The summed E-state index contributed by atoms with van der Waals surface area (Å²) < 4.78 is 50.5. The van der Waals surface area contributed by atoms with Gasteiger partial charge in [-0.2, -0.15) is 18.3 Å². The van der Waals surface area contributed by atoms with Crippen molar-refractivity contribution in [3.63, 3.8) is 0 Å². The lowest BCUT2D eigenvalue weighted by Gasteiger charge is -2.17. The highest BCUT2D eigenvalue weighted by molar-refractivity contribution is 7.82. The number of primary amides is 1. The highest BCUT2D eigenvalue weighted by atomic mass is 32.2. The molecule has 2 aromatic rings. The fourth-order valence-electron chi connectivity index (χ4n) is 2.75. The number of pyridine rings is 1.